The van der Waals surface area contributed by atoms with Crippen molar-refractivity contribution < 1.29 is 4.42 Å². The average Bonchev–Trinajstić information content (AvgIpc) is 3.05. The number of rotatable bonds is 4. The van der Waals surface area contributed by atoms with Crippen molar-refractivity contribution in [2.75, 3.05) is 0 Å². The second-order valence-electron chi connectivity index (χ2n) is 5.89. The van der Waals surface area contributed by atoms with Gasteiger partial charge >= 0.3 is 0 Å². The van der Waals surface area contributed by atoms with Gasteiger partial charge in [0.15, 0.2) is 5.11 Å². The number of thiocarbonyl (C=S) groups is 1. The van der Waals surface area contributed by atoms with Crippen LogP contribution in [-0.2, 0) is 0 Å². The molecule has 126 valence electrons. The van der Waals surface area contributed by atoms with Gasteiger partial charge in [-0.25, -0.2) is 0 Å². The second-order valence-corrected chi connectivity index (χ2v) is 7.21. The van der Waals surface area contributed by atoms with E-state index in [4.69, 9.17) is 16.6 Å². The summed E-state index contributed by atoms with van der Waals surface area (Å²) in [6, 6.07) is 12.3. The average molecular weight is 406 g/mol. The predicted molar refractivity (Wildman–Crippen MR) is 105 cm³/mol. The Bertz CT molecular complexity index is 705. The molecule has 1 aliphatic rings. The molecule has 0 unspecified atom stereocenters. The molecule has 0 spiro atoms. The SMILES string of the molecule is S=C(N/N=C\c1ccc(-c2ccc(Br)cc2)o1)NC1CCCCC1. The Morgan fingerprint density at radius 1 is 1.12 bits per heavy atom. The van der Waals surface area contributed by atoms with E-state index in [-0.39, 0.29) is 0 Å². The maximum absolute atomic E-state index is 5.77. The molecule has 4 nitrogen and oxygen atoms in total. The first-order chi connectivity index (χ1) is 11.7. The van der Waals surface area contributed by atoms with Crippen LogP contribution in [0.4, 0.5) is 0 Å². The first-order valence-electron chi connectivity index (χ1n) is 8.16. The highest BCUT2D eigenvalue weighted by molar-refractivity contribution is 9.10. The molecule has 3 rings (SSSR count). The van der Waals surface area contributed by atoms with Gasteiger partial charge in [-0.3, -0.25) is 5.43 Å². The van der Waals surface area contributed by atoms with E-state index in [0.29, 0.717) is 16.9 Å². The number of benzene rings is 1. The molecule has 0 amide bonds. The summed E-state index contributed by atoms with van der Waals surface area (Å²) >= 11 is 8.70. The molecule has 0 saturated heterocycles. The highest BCUT2D eigenvalue weighted by Gasteiger charge is 2.13. The van der Waals surface area contributed by atoms with E-state index < -0.39 is 0 Å². The third kappa shape index (κ3) is 4.92. The van der Waals surface area contributed by atoms with E-state index in [0.717, 1.165) is 15.8 Å². The molecule has 2 aromatic rings. The van der Waals surface area contributed by atoms with Gasteiger partial charge in [0, 0.05) is 16.1 Å². The first-order valence-corrected chi connectivity index (χ1v) is 9.36. The first kappa shape index (κ1) is 17.2. The van der Waals surface area contributed by atoms with Gasteiger partial charge in [-0.05, 0) is 49.3 Å². The summed E-state index contributed by atoms with van der Waals surface area (Å²) in [4.78, 5) is 0. The van der Waals surface area contributed by atoms with Crippen LogP contribution < -0.4 is 10.7 Å². The maximum Gasteiger partial charge on any atom is 0.187 e. The van der Waals surface area contributed by atoms with E-state index in [9.17, 15) is 0 Å². The van der Waals surface area contributed by atoms with E-state index in [1.54, 1.807) is 6.21 Å². The van der Waals surface area contributed by atoms with Crippen LogP contribution in [-0.4, -0.2) is 17.4 Å². The molecular weight excluding hydrogens is 386 g/mol. The van der Waals surface area contributed by atoms with Gasteiger partial charge in [0.25, 0.3) is 0 Å². The molecule has 0 atom stereocenters. The van der Waals surface area contributed by atoms with Crippen molar-refractivity contribution in [2.24, 2.45) is 5.10 Å². The molecule has 1 fully saturated rings. The zero-order chi connectivity index (χ0) is 16.8. The molecule has 0 radical (unpaired) electrons. The highest BCUT2D eigenvalue weighted by atomic mass is 79.9. The van der Waals surface area contributed by atoms with Gasteiger partial charge in [-0.1, -0.05) is 47.3 Å². The van der Waals surface area contributed by atoms with Crippen LogP contribution in [0.15, 0.2) is 50.4 Å². The van der Waals surface area contributed by atoms with Crippen molar-refractivity contribution >= 4 is 39.5 Å². The fourth-order valence-corrected chi connectivity index (χ4v) is 3.29. The van der Waals surface area contributed by atoms with Crippen LogP contribution >= 0.6 is 28.1 Å². The van der Waals surface area contributed by atoms with Crippen molar-refractivity contribution in [3.63, 3.8) is 0 Å². The van der Waals surface area contributed by atoms with Gasteiger partial charge in [-0.15, -0.1) is 0 Å². The van der Waals surface area contributed by atoms with Gasteiger partial charge in [0.05, 0.1) is 6.21 Å². The molecule has 1 aromatic carbocycles. The Morgan fingerprint density at radius 2 is 1.88 bits per heavy atom. The molecule has 1 aliphatic carbocycles. The Morgan fingerprint density at radius 3 is 2.62 bits per heavy atom. The number of halogens is 1. The van der Waals surface area contributed by atoms with Crippen molar-refractivity contribution in [3.8, 4) is 11.3 Å². The zero-order valence-corrected chi connectivity index (χ0v) is 15.7. The second kappa shape index (κ2) is 8.44. The Kier molecular flexibility index (Phi) is 6.04. The largest absolute Gasteiger partial charge is 0.455 e. The summed E-state index contributed by atoms with van der Waals surface area (Å²) in [6.45, 7) is 0. The quantitative estimate of drug-likeness (QED) is 0.434. The van der Waals surface area contributed by atoms with Gasteiger partial charge < -0.3 is 9.73 Å². The Hall–Kier alpha value is -1.66. The lowest BCUT2D eigenvalue weighted by Gasteiger charge is -2.23. The standard InChI is InChI=1S/C18H20BrN3OS/c19-14-8-6-13(7-9-14)17-11-10-16(23-17)12-20-22-18(24)21-15-4-2-1-3-5-15/h6-12,15H,1-5H2,(H2,21,22,24)/b20-12-. The van der Waals surface area contributed by atoms with Crippen LogP contribution in [0.5, 0.6) is 0 Å². The molecule has 0 aliphatic heterocycles. The molecule has 1 saturated carbocycles. The van der Waals surface area contributed by atoms with Crippen LogP contribution in [0.3, 0.4) is 0 Å². The van der Waals surface area contributed by atoms with Gasteiger partial charge in [-0.2, -0.15) is 5.10 Å². The number of hydrogen-bond acceptors (Lipinski definition) is 3. The molecular formula is C18H20BrN3OS. The minimum absolute atomic E-state index is 0.474. The predicted octanol–water partition coefficient (Wildman–Crippen LogP) is 4.84. The molecule has 6 heteroatoms. The summed E-state index contributed by atoms with van der Waals surface area (Å²) in [6.07, 6.45) is 7.87. The van der Waals surface area contributed by atoms with Crippen LogP contribution in [0.25, 0.3) is 11.3 Å². The van der Waals surface area contributed by atoms with Crippen molar-refractivity contribution in [2.45, 2.75) is 38.1 Å². The van der Waals surface area contributed by atoms with Crippen LogP contribution in [0.2, 0.25) is 0 Å². The fourth-order valence-electron chi connectivity index (χ4n) is 2.81. The Balaban J connectivity index is 1.51. The number of furan rings is 1. The van der Waals surface area contributed by atoms with Crippen molar-refractivity contribution in [1.29, 1.82) is 0 Å². The fraction of sp³-hybridized carbons (Fsp3) is 0.333. The summed E-state index contributed by atoms with van der Waals surface area (Å²) in [5.41, 5.74) is 3.89. The number of nitrogens with one attached hydrogen (secondary N) is 2. The lowest BCUT2D eigenvalue weighted by molar-refractivity contribution is 0.412. The summed E-state index contributed by atoms with van der Waals surface area (Å²) in [5.74, 6) is 1.49. The number of nitrogens with zero attached hydrogens (tertiary/aromatic N) is 1. The smallest absolute Gasteiger partial charge is 0.187 e. The lowest BCUT2D eigenvalue weighted by Crippen LogP contribution is -2.40. The minimum Gasteiger partial charge on any atom is -0.455 e. The van der Waals surface area contributed by atoms with Crippen LogP contribution in [0, 0.1) is 0 Å². The highest BCUT2D eigenvalue weighted by Crippen LogP contribution is 2.23. The number of hydrazone groups is 1. The van der Waals surface area contributed by atoms with Crippen molar-refractivity contribution in [1.82, 2.24) is 10.7 Å². The summed E-state index contributed by atoms with van der Waals surface area (Å²) < 4.78 is 6.82. The monoisotopic (exact) mass is 405 g/mol. The third-order valence-corrected chi connectivity index (χ3v) is 4.79. The molecule has 1 aromatic heterocycles. The van der Waals surface area contributed by atoms with Crippen LogP contribution in [0.1, 0.15) is 37.9 Å². The molecule has 2 N–H and O–H groups in total. The minimum atomic E-state index is 0.474. The van der Waals surface area contributed by atoms with E-state index in [2.05, 4.69) is 31.8 Å². The summed E-state index contributed by atoms with van der Waals surface area (Å²) in [5, 5.41) is 8.03. The Labute approximate surface area is 155 Å². The normalized spacial score (nSPS) is 15.5. The van der Waals surface area contributed by atoms with E-state index in [1.165, 1.54) is 32.1 Å². The summed E-state index contributed by atoms with van der Waals surface area (Å²) in [7, 11) is 0. The van der Waals surface area contributed by atoms with Gasteiger partial charge in [0.1, 0.15) is 11.5 Å². The van der Waals surface area contributed by atoms with Gasteiger partial charge in [0.2, 0.25) is 0 Å². The maximum atomic E-state index is 5.77. The van der Waals surface area contributed by atoms with Crippen molar-refractivity contribution in [3.05, 3.63) is 46.6 Å². The van der Waals surface area contributed by atoms with E-state index >= 15 is 0 Å². The number of hydrogen-bond donors (Lipinski definition) is 2. The third-order valence-electron chi connectivity index (χ3n) is 4.05. The lowest BCUT2D eigenvalue weighted by atomic mass is 9.96. The van der Waals surface area contributed by atoms with E-state index in [1.807, 2.05) is 36.4 Å². The topological polar surface area (TPSA) is 49.6 Å². The molecule has 0 bridgehead atoms. The molecule has 24 heavy (non-hydrogen) atoms. The zero-order valence-electron chi connectivity index (χ0n) is 13.3. The molecule has 1 heterocycles.